The Bertz CT molecular complexity index is 3160. The average molecular weight is 1010 g/mol. The number of benzene rings is 6. The topological polar surface area (TPSA) is 56.7 Å². The summed E-state index contributed by atoms with van der Waals surface area (Å²) in [4.78, 5) is 14.3. The van der Waals surface area contributed by atoms with Crippen molar-refractivity contribution in [1.29, 1.82) is 0 Å². The number of pyridine rings is 2. The Hall–Kier alpha value is -5.66. The third kappa shape index (κ3) is 8.18. The van der Waals surface area contributed by atoms with E-state index in [1.54, 1.807) is 0 Å². The molecule has 6 aromatic carbocycles. The van der Waals surface area contributed by atoms with Gasteiger partial charge in [0.25, 0.3) is 0 Å². The van der Waals surface area contributed by atoms with Gasteiger partial charge in [-0.25, -0.2) is 4.98 Å². The third-order valence-electron chi connectivity index (χ3n) is 10.6. The Morgan fingerprint density at radius 3 is 2.31 bits per heavy atom. The predicted octanol–water partition coefficient (Wildman–Crippen LogP) is 12.7. The van der Waals surface area contributed by atoms with E-state index in [0.29, 0.717) is 5.71 Å². The van der Waals surface area contributed by atoms with Crippen LogP contribution in [0.3, 0.4) is 0 Å². The van der Waals surface area contributed by atoms with E-state index in [2.05, 4.69) is 98.5 Å². The Morgan fingerprint density at radius 2 is 1.51 bits per heavy atom. The van der Waals surface area contributed by atoms with Gasteiger partial charge in [-0.1, -0.05) is 53.4 Å². The van der Waals surface area contributed by atoms with Gasteiger partial charge in [0.05, 0.1) is 22.4 Å². The van der Waals surface area contributed by atoms with Gasteiger partial charge in [0.15, 0.2) is 0 Å². The summed E-state index contributed by atoms with van der Waals surface area (Å²) in [5.74, 6) is 7.42. The van der Waals surface area contributed by atoms with Crippen molar-refractivity contribution in [1.82, 2.24) is 19.5 Å². The number of imidazole rings is 1. The molecule has 0 saturated carbocycles. The number of nitrogens with zero attached hydrogens (tertiary/aromatic N) is 4. The fourth-order valence-electron chi connectivity index (χ4n) is 7.58. The normalized spacial score (nSPS) is 12.8. The smallest absolute Gasteiger partial charge is 0 e. The second-order valence-corrected chi connectivity index (χ2v) is 26.3. The van der Waals surface area contributed by atoms with E-state index in [1.165, 1.54) is 10.8 Å². The maximum Gasteiger partial charge on any atom is 0 e. The van der Waals surface area contributed by atoms with Crippen LogP contribution in [0.1, 0.15) is 32.4 Å². The van der Waals surface area contributed by atoms with Crippen LogP contribution in [-0.2, 0) is 26.5 Å². The number of para-hydroxylation sites is 2. The van der Waals surface area contributed by atoms with Crippen molar-refractivity contribution in [3.8, 4) is 28.3 Å². The summed E-state index contributed by atoms with van der Waals surface area (Å²) in [6.45, 7) is 3.95. The first-order valence-electron chi connectivity index (χ1n) is 20.7. The van der Waals surface area contributed by atoms with E-state index in [1.807, 2.05) is 117 Å². The SMILES string of the molecule is Cc1ccc2c(n1)oc1c(-c3nc4ccccc4n3-c3ccc4ccccc4c3)[c-]ccc12.[2H]C([2H])(c1cc(-c2[c-]cccc2)nc[c]1[Ge]([CH3])([CH3])[CH3])C(C)c1ccccc1.[Ir]. The van der Waals surface area contributed by atoms with Crippen molar-refractivity contribution in [2.24, 2.45) is 0 Å². The first-order chi connectivity index (χ1) is 29.0. The maximum absolute atomic E-state index is 9.05. The Kier molecular flexibility index (Phi) is 10.8. The molecule has 4 aromatic heterocycles. The van der Waals surface area contributed by atoms with Gasteiger partial charge in [-0.05, 0) is 54.1 Å². The summed E-state index contributed by atoms with van der Waals surface area (Å²) in [5, 5.41) is 4.41. The first kappa shape index (κ1) is 37.6. The Morgan fingerprint density at radius 1 is 0.746 bits per heavy atom. The van der Waals surface area contributed by atoms with Crippen molar-refractivity contribution < 1.29 is 27.3 Å². The van der Waals surface area contributed by atoms with Gasteiger partial charge in [-0.2, -0.15) is 0 Å². The molecule has 7 heteroatoms. The van der Waals surface area contributed by atoms with Gasteiger partial charge in [0.1, 0.15) is 0 Å². The van der Waals surface area contributed by atoms with Crippen LogP contribution in [0.4, 0.5) is 0 Å². The van der Waals surface area contributed by atoms with Gasteiger partial charge in [0.2, 0.25) is 5.71 Å². The molecule has 0 aliphatic heterocycles. The monoisotopic (exact) mass is 1010 g/mol. The molecule has 1 atom stereocenters. The molecule has 293 valence electrons. The quantitative estimate of drug-likeness (QED) is 0.118. The van der Waals surface area contributed by atoms with E-state index < -0.39 is 19.6 Å². The van der Waals surface area contributed by atoms with Crippen molar-refractivity contribution in [2.45, 2.75) is 43.4 Å². The van der Waals surface area contributed by atoms with E-state index in [-0.39, 0.29) is 26.0 Å². The zero-order chi connectivity index (χ0) is 41.6. The minimum atomic E-state index is -2.32. The molecule has 0 aliphatic rings. The molecule has 10 aromatic rings. The summed E-state index contributed by atoms with van der Waals surface area (Å²) in [6, 6.07) is 57.4. The van der Waals surface area contributed by atoms with Crippen LogP contribution in [0.2, 0.25) is 17.3 Å². The molecule has 0 spiro atoms. The molecular formula is C52H44GeIrN4O-2. The molecule has 4 heterocycles. The van der Waals surface area contributed by atoms with E-state index >= 15 is 0 Å². The third-order valence-corrected chi connectivity index (χ3v) is 14.8. The van der Waals surface area contributed by atoms with Crippen molar-refractivity contribution >= 4 is 61.5 Å². The standard InChI is InChI=1S/C29H18N3O.C23H26GeN.Ir/c1-18-13-16-23-22-9-6-10-24(27(22)33-29(23)30-18)28-31-25-11-4-5-12-26(25)32(28)21-15-14-19-7-2-3-8-20(19)17-21;1-18(19-11-7-5-8-12-19)15-21-16-23(20-13-9-6-10-14-20)25-17-22(21)24(2,3)4;/h2-9,11-17H,1H3;5-13,16-18H,15H2,1-4H3;/q2*-1;/i;15D2;. The molecule has 1 radical (unpaired) electrons. The fraction of sp³-hybridized carbons (Fsp3) is 0.135. The molecule has 59 heavy (non-hydrogen) atoms. The van der Waals surface area contributed by atoms with Crippen LogP contribution in [0, 0.1) is 19.1 Å². The molecule has 0 fully saturated rings. The number of furan rings is 1. The summed E-state index contributed by atoms with van der Waals surface area (Å²) in [7, 11) is 0. The van der Waals surface area contributed by atoms with E-state index in [0.717, 1.165) is 76.9 Å². The predicted molar refractivity (Wildman–Crippen MR) is 243 cm³/mol. The largest absolute Gasteiger partial charge is 0 e. The van der Waals surface area contributed by atoms with Crippen LogP contribution >= 0.6 is 0 Å². The zero-order valence-electron chi connectivity index (χ0n) is 35.6. The molecule has 0 saturated heterocycles. The van der Waals surface area contributed by atoms with Gasteiger partial charge in [-0.3, -0.25) is 4.98 Å². The molecule has 5 nitrogen and oxygen atoms in total. The van der Waals surface area contributed by atoms with Gasteiger partial charge >= 0.3 is 157 Å². The number of aromatic nitrogens is 4. The molecule has 0 amide bonds. The molecule has 0 N–H and O–H groups in total. The Labute approximate surface area is 364 Å². The van der Waals surface area contributed by atoms with Gasteiger partial charge < -0.3 is 8.98 Å². The molecule has 1 unspecified atom stereocenters. The maximum atomic E-state index is 9.05. The summed E-state index contributed by atoms with van der Waals surface area (Å²) in [6.07, 6.45) is 0.433. The van der Waals surface area contributed by atoms with Crippen LogP contribution in [0.15, 0.2) is 162 Å². The minimum Gasteiger partial charge on any atom is 0 e. The minimum absolute atomic E-state index is 0. The Balaban J connectivity index is 0.000000170. The van der Waals surface area contributed by atoms with Crippen LogP contribution in [0.25, 0.3) is 72.2 Å². The molecule has 10 rings (SSSR count). The van der Waals surface area contributed by atoms with Crippen LogP contribution in [0.5, 0.6) is 0 Å². The second-order valence-electron chi connectivity index (χ2n) is 15.7. The van der Waals surface area contributed by atoms with Crippen LogP contribution in [-0.4, -0.2) is 32.8 Å². The number of hydrogen-bond acceptors (Lipinski definition) is 4. The molecule has 0 aliphatic carbocycles. The summed E-state index contributed by atoms with van der Waals surface area (Å²) in [5.41, 5.74) is 9.64. The molecule has 0 bridgehead atoms. The fourth-order valence-corrected chi connectivity index (χ4v) is 10.5. The van der Waals surface area contributed by atoms with E-state index in [4.69, 9.17) is 12.1 Å². The first-order valence-corrected chi connectivity index (χ1v) is 27.0. The summed E-state index contributed by atoms with van der Waals surface area (Å²) >= 11 is -2.32. The second kappa shape index (κ2) is 16.9. The van der Waals surface area contributed by atoms with Gasteiger partial charge in [-0.15, -0.1) is 18.2 Å². The zero-order valence-corrected chi connectivity index (χ0v) is 38.1. The number of fused-ring (bicyclic) bond motifs is 5. The average Bonchev–Trinajstić information content (AvgIpc) is 3.84. The number of hydrogen-bond donors (Lipinski definition) is 0. The van der Waals surface area contributed by atoms with Crippen molar-refractivity contribution in [3.05, 3.63) is 187 Å². The van der Waals surface area contributed by atoms with Crippen molar-refractivity contribution in [2.75, 3.05) is 0 Å². The van der Waals surface area contributed by atoms with E-state index in [9.17, 15) is 0 Å². The van der Waals surface area contributed by atoms with Crippen molar-refractivity contribution in [3.63, 3.8) is 0 Å². The number of rotatable bonds is 7. The summed E-state index contributed by atoms with van der Waals surface area (Å²) < 4.78 is 27.7. The molecular weight excluding hydrogens is 961 g/mol. The van der Waals surface area contributed by atoms with Crippen LogP contribution < -0.4 is 4.40 Å². The van der Waals surface area contributed by atoms with Gasteiger partial charge in [0, 0.05) is 36.9 Å². The number of aryl methyl sites for hydroxylation is 1.